The van der Waals surface area contributed by atoms with Gasteiger partial charge in [-0.05, 0) is 25.5 Å². The van der Waals surface area contributed by atoms with Crippen LogP contribution in [-0.4, -0.2) is 15.6 Å². The second-order valence-corrected chi connectivity index (χ2v) is 5.55. The first kappa shape index (κ1) is 16.0. The van der Waals surface area contributed by atoms with Gasteiger partial charge in [-0.25, -0.2) is 4.39 Å². The summed E-state index contributed by atoms with van der Waals surface area (Å²) in [4.78, 5) is 12.2. The summed E-state index contributed by atoms with van der Waals surface area (Å²) in [6, 6.07) is 4.64. The Morgan fingerprint density at radius 3 is 2.71 bits per heavy atom. The number of aromatic nitrogens is 2. The number of carbonyl (C=O) groups excluding carboxylic acids is 1. The van der Waals surface area contributed by atoms with Crippen molar-refractivity contribution in [1.82, 2.24) is 9.78 Å². The van der Waals surface area contributed by atoms with Gasteiger partial charge in [0.05, 0.1) is 27.9 Å². The Balaban J connectivity index is 2.17. The van der Waals surface area contributed by atoms with Crippen LogP contribution in [0.2, 0.25) is 10.0 Å². The van der Waals surface area contributed by atoms with Crippen molar-refractivity contribution in [2.45, 2.75) is 33.2 Å². The van der Waals surface area contributed by atoms with Crippen LogP contribution in [0.3, 0.4) is 0 Å². The molecule has 1 aromatic carbocycles. The van der Waals surface area contributed by atoms with Crippen LogP contribution in [0.4, 0.5) is 4.39 Å². The zero-order valence-electron chi connectivity index (χ0n) is 11.8. The summed E-state index contributed by atoms with van der Waals surface area (Å²) >= 11 is 11.9. The van der Waals surface area contributed by atoms with Crippen LogP contribution in [0.1, 0.15) is 23.9 Å². The van der Waals surface area contributed by atoms with E-state index in [-0.39, 0.29) is 23.6 Å². The number of hydrogen-bond donors (Lipinski definition) is 0. The van der Waals surface area contributed by atoms with Crippen LogP contribution < -0.4 is 0 Å². The molecular weight excluding hydrogens is 314 g/mol. The highest BCUT2D eigenvalue weighted by molar-refractivity contribution is 6.32. The average Bonchev–Trinajstić information content (AvgIpc) is 2.71. The van der Waals surface area contributed by atoms with E-state index in [1.807, 2.05) is 6.92 Å². The van der Waals surface area contributed by atoms with Crippen molar-refractivity contribution >= 4 is 29.0 Å². The predicted molar refractivity (Wildman–Crippen MR) is 81.5 cm³/mol. The van der Waals surface area contributed by atoms with Gasteiger partial charge < -0.3 is 0 Å². The summed E-state index contributed by atoms with van der Waals surface area (Å²) in [5.41, 5.74) is 1.65. The lowest BCUT2D eigenvalue weighted by atomic mass is 10.0. The third-order valence-corrected chi connectivity index (χ3v) is 4.02. The Morgan fingerprint density at radius 2 is 2.05 bits per heavy atom. The molecule has 0 spiro atoms. The molecule has 0 amide bonds. The maximum absolute atomic E-state index is 13.8. The molecule has 0 saturated heterocycles. The van der Waals surface area contributed by atoms with Gasteiger partial charge in [0, 0.05) is 13.0 Å². The number of aryl methyl sites for hydroxylation is 2. The van der Waals surface area contributed by atoms with E-state index in [0.29, 0.717) is 28.5 Å². The summed E-state index contributed by atoms with van der Waals surface area (Å²) in [5, 5.41) is 4.78. The van der Waals surface area contributed by atoms with Crippen molar-refractivity contribution in [3.05, 3.63) is 51.0 Å². The molecule has 0 radical (unpaired) electrons. The third-order valence-electron chi connectivity index (χ3n) is 3.24. The largest absolute Gasteiger partial charge is 0.299 e. The monoisotopic (exact) mass is 328 g/mol. The number of halogens is 3. The van der Waals surface area contributed by atoms with E-state index in [4.69, 9.17) is 23.2 Å². The SMILES string of the molecule is CCn1nc(C)c(Cl)c1CC(=O)Cc1cccc(Cl)c1F. The van der Waals surface area contributed by atoms with E-state index < -0.39 is 5.82 Å². The molecule has 0 saturated carbocycles. The highest BCUT2D eigenvalue weighted by Gasteiger charge is 2.17. The van der Waals surface area contributed by atoms with Gasteiger partial charge >= 0.3 is 0 Å². The van der Waals surface area contributed by atoms with Crippen LogP contribution >= 0.6 is 23.2 Å². The van der Waals surface area contributed by atoms with Crippen LogP contribution in [0, 0.1) is 12.7 Å². The Kier molecular flexibility index (Phi) is 5.01. The second kappa shape index (κ2) is 6.58. The lowest BCUT2D eigenvalue weighted by Gasteiger charge is -2.06. The molecule has 0 atom stereocenters. The van der Waals surface area contributed by atoms with E-state index >= 15 is 0 Å². The standard InChI is InChI=1S/C15H15Cl2FN2O/c1-3-20-13(14(17)9(2)19-20)8-11(21)7-10-5-4-6-12(16)15(10)18/h4-6H,3,7-8H2,1-2H3. The van der Waals surface area contributed by atoms with E-state index in [1.54, 1.807) is 23.7 Å². The number of rotatable bonds is 5. The lowest BCUT2D eigenvalue weighted by molar-refractivity contribution is -0.117. The molecule has 2 rings (SSSR count). The summed E-state index contributed by atoms with van der Waals surface area (Å²) in [7, 11) is 0. The van der Waals surface area contributed by atoms with Gasteiger partial charge in [-0.1, -0.05) is 35.3 Å². The molecule has 0 aliphatic rings. The van der Waals surface area contributed by atoms with Crippen LogP contribution in [0.25, 0.3) is 0 Å². The van der Waals surface area contributed by atoms with Gasteiger partial charge in [0.2, 0.25) is 0 Å². The minimum Gasteiger partial charge on any atom is -0.299 e. The Hall–Kier alpha value is -1.39. The number of carbonyl (C=O) groups is 1. The fourth-order valence-corrected chi connectivity index (χ4v) is 2.58. The highest BCUT2D eigenvalue weighted by atomic mass is 35.5. The fourth-order valence-electron chi connectivity index (χ4n) is 2.18. The molecule has 0 fully saturated rings. The van der Waals surface area contributed by atoms with Gasteiger partial charge in [0.1, 0.15) is 11.6 Å². The molecule has 1 heterocycles. The number of ketones is 1. The maximum Gasteiger partial charge on any atom is 0.145 e. The summed E-state index contributed by atoms with van der Waals surface area (Å²) in [6.45, 7) is 4.34. The quantitative estimate of drug-likeness (QED) is 0.831. The van der Waals surface area contributed by atoms with Crippen molar-refractivity contribution in [2.75, 3.05) is 0 Å². The molecule has 0 unspecified atom stereocenters. The number of hydrogen-bond acceptors (Lipinski definition) is 2. The second-order valence-electron chi connectivity index (χ2n) is 4.77. The first-order chi connectivity index (χ1) is 9.93. The molecular formula is C15H15Cl2FN2O. The summed E-state index contributed by atoms with van der Waals surface area (Å²) in [6.07, 6.45) is 0.107. The maximum atomic E-state index is 13.8. The predicted octanol–water partition coefficient (Wildman–Crippen LogP) is 4.01. The van der Waals surface area contributed by atoms with Crippen LogP contribution in [0.15, 0.2) is 18.2 Å². The zero-order chi connectivity index (χ0) is 15.6. The van der Waals surface area contributed by atoms with Crippen molar-refractivity contribution in [1.29, 1.82) is 0 Å². The van der Waals surface area contributed by atoms with E-state index in [2.05, 4.69) is 5.10 Å². The Labute approximate surface area is 132 Å². The van der Waals surface area contributed by atoms with Crippen molar-refractivity contribution in [2.24, 2.45) is 0 Å². The van der Waals surface area contributed by atoms with Crippen molar-refractivity contribution in [3.8, 4) is 0 Å². The first-order valence-electron chi connectivity index (χ1n) is 6.60. The lowest BCUT2D eigenvalue weighted by Crippen LogP contribution is -2.12. The van der Waals surface area contributed by atoms with Gasteiger partial charge in [-0.2, -0.15) is 5.10 Å². The van der Waals surface area contributed by atoms with Crippen LogP contribution in [0.5, 0.6) is 0 Å². The minimum atomic E-state index is -0.543. The van der Waals surface area contributed by atoms with Gasteiger partial charge in [-0.15, -0.1) is 0 Å². The molecule has 112 valence electrons. The van der Waals surface area contributed by atoms with E-state index in [9.17, 15) is 9.18 Å². The van der Waals surface area contributed by atoms with Gasteiger partial charge in [-0.3, -0.25) is 9.48 Å². The smallest absolute Gasteiger partial charge is 0.145 e. The van der Waals surface area contributed by atoms with Crippen LogP contribution in [-0.2, 0) is 24.2 Å². The minimum absolute atomic E-state index is 0.0172. The number of Topliss-reactive ketones (excluding diaryl/α,β-unsaturated/α-hetero) is 1. The van der Waals surface area contributed by atoms with E-state index in [0.717, 1.165) is 0 Å². The molecule has 21 heavy (non-hydrogen) atoms. The topological polar surface area (TPSA) is 34.9 Å². The van der Waals surface area contributed by atoms with Gasteiger partial charge in [0.15, 0.2) is 0 Å². The Bertz CT molecular complexity index is 683. The molecule has 3 nitrogen and oxygen atoms in total. The molecule has 0 bridgehead atoms. The normalized spacial score (nSPS) is 10.9. The fraction of sp³-hybridized carbons (Fsp3) is 0.333. The highest BCUT2D eigenvalue weighted by Crippen LogP contribution is 2.22. The summed E-state index contributed by atoms with van der Waals surface area (Å²) < 4.78 is 15.5. The summed E-state index contributed by atoms with van der Waals surface area (Å²) in [5.74, 6) is -0.675. The number of nitrogens with zero attached hydrogens (tertiary/aromatic N) is 2. The van der Waals surface area contributed by atoms with Gasteiger partial charge in [0.25, 0.3) is 0 Å². The molecule has 1 aromatic heterocycles. The molecule has 0 aliphatic carbocycles. The first-order valence-corrected chi connectivity index (χ1v) is 7.36. The molecule has 0 aliphatic heterocycles. The zero-order valence-corrected chi connectivity index (χ0v) is 13.3. The van der Waals surface area contributed by atoms with Crippen molar-refractivity contribution in [3.63, 3.8) is 0 Å². The van der Waals surface area contributed by atoms with E-state index in [1.165, 1.54) is 6.07 Å². The molecule has 6 heteroatoms. The molecule has 0 N–H and O–H groups in total. The Morgan fingerprint density at radius 1 is 1.33 bits per heavy atom. The third kappa shape index (κ3) is 3.44. The molecule has 2 aromatic rings. The average molecular weight is 329 g/mol. The van der Waals surface area contributed by atoms with Crippen molar-refractivity contribution < 1.29 is 9.18 Å². The number of benzene rings is 1.